The highest BCUT2D eigenvalue weighted by Gasteiger charge is 2.45. The summed E-state index contributed by atoms with van der Waals surface area (Å²) < 4.78 is 0. The first kappa shape index (κ1) is 12.8. The zero-order valence-corrected chi connectivity index (χ0v) is 12.2. The second kappa shape index (κ2) is 4.57. The van der Waals surface area contributed by atoms with Gasteiger partial charge in [-0.05, 0) is 37.5 Å². The second-order valence-corrected chi connectivity index (χ2v) is 7.32. The lowest BCUT2D eigenvalue weighted by Crippen LogP contribution is -2.63. The first-order chi connectivity index (χ1) is 9.67. The van der Waals surface area contributed by atoms with Crippen molar-refractivity contribution < 1.29 is 4.79 Å². The number of carbonyl (C=O) groups is 1. The van der Waals surface area contributed by atoms with Crippen molar-refractivity contribution >= 4 is 5.91 Å². The van der Waals surface area contributed by atoms with Crippen molar-refractivity contribution in [2.24, 2.45) is 11.3 Å². The molecule has 4 saturated heterocycles. The molecule has 0 unspecified atom stereocenters. The van der Waals surface area contributed by atoms with Crippen LogP contribution in [0.1, 0.15) is 32.1 Å². The molecule has 3 atom stereocenters. The van der Waals surface area contributed by atoms with Gasteiger partial charge in [-0.2, -0.15) is 0 Å². The normalized spacial score (nSPS) is 38.9. The fourth-order valence-electron chi connectivity index (χ4n) is 4.54. The van der Waals surface area contributed by atoms with E-state index >= 15 is 0 Å². The third-order valence-electron chi connectivity index (χ3n) is 6.08. The molecule has 4 heteroatoms. The Balaban J connectivity index is 1.42. The average molecular weight is 275 g/mol. The van der Waals surface area contributed by atoms with Crippen molar-refractivity contribution in [1.29, 1.82) is 0 Å². The molecule has 2 N–H and O–H groups in total. The van der Waals surface area contributed by atoms with Crippen LogP contribution in [0.5, 0.6) is 0 Å². The number of piperidine rings is 3. The van der Waals surface area contributed by atoms with Crippen LogP contribution in [0.4, 0.5) is 0 Å². The van der Waals surface area contributed by atoms with Gasteiger partial charge in [-0.25, -0.2) is 0 Å². The molecular weight excluding hydrogens is 250 g/mol. The number of fused-ring (bicyclic) bond motifs is 3. The van der Waals surface area contributed by atoms with Gasteiger partial charge in [0.2, 0.25) is 5.91 Å². The van der Waals surface area contributed by atoms with Crippen molar-refractivity contribution in [2.45, 2.75) is 44.2 Å². The third kappa shape index (κ3) is 1.92. The van der Waals surface area contributed by atoms with E-state index in [1.807, 2.05) is 0 Å². The molecule has 0 aromatic heterocycles. The number of amides is 1. The predicted molar refractivity (Wildman–Crippen MR) is 78.3 cm³/mol. The number of likely N-dealkylation sites (tertiary alicyclic amines) is 1. The van der Waals surface area contributed by atoms with E-state index in [9.17, 15) is 4.79 Å². The van der Waals surface area contributed by atoms with E-state index in [1.54, 1.807) is 0 Å². The summed E-state index contributed by atoms with van der Waals surface area (Å²) in [6.07, 6.45) is 5.78. The highest BCUT2D eigenvalue weighted by atomic mass is 16.2. The van der Waals surface area contributed by atoms with Crippen molar-refractivity contribution in [2.75, 3.05) is 26.2 Å². The van der Waals surface area contributed by atoms with Gasteiger partial charge in [-0.3, -0.25) is 4.79 Å². The Hall–Kier alpha value is -0.870. The minimum atomic E-state index is 0.0172. The minimum absolute atomic E-state index is 0.0172. The topological polar surface area (TPSA) is 44.4 Å². The maximum atomic E-state index is 12.8. The summed E-state index contributed by atoms with van der Waals surface area (Å²) >= 11 is 0. The van der Waals surface area contributed by atoms with Crippen LogP contribution in [0.15, 0.2) is 12.2 Å². The van der Waals surface area contributed by atoms with Crippen molar-refractivity contribution in [3.63, 3.8) is 0 Å². The van der Waals surface area contributed by atoms with Gasteiger partial charge in [0.1, 0.15) is 0 Å². The summed E-state index contributed by atoms with van der Waals surface area (Å²) in [5.74, 6) is 0.719. The van der Waals surface area contributed by atoms with Gasteiger partial charge in [0.25, 0.3) is 0 Å². The van der Waals surface area contributed by atoms with E-state index in [4.69, 9.17) is 0 Å². The standard InChI is InChI=1S/C16H25N3O/c1-11-8-12-2-3-13(11)14(18-12)15(20)19-6-4-16(5-7-19)9-17-10-16/h12-14,17-18H,1-10H2/t12-,13+,14+/m1/s1. The lowest BCUT2D eigenvalue weighted by Gasteiger charge is -2.50. The molecule has 0 aromatic rings. The van der Waals surface area contributed by atoms with Gasteiger partial charge in [-0.1, -0.05) is 12.2 Å². The van der Waals surface area contributed by atoms with Crippen LogP contribution >= 0.6 is 0 Å². The summed E-state index contributed by atoms with van der Waals surface area (Å²) in [6.45, 7) is 8.40. The summed E-state index contributed by atoms with van der Waals surface area (Å²) in [5, 5.41) is 6.94. The van der Waals surface area contributed by atoms with Gasteiger partial charge in [-0.15, -0.1) is 0 Å². The molecule has 4 heterocycles. The van der Waals surface area contributed by atoms with E-state index in [1.165, 1.54) is 24.8 Å². The van der Waals surface area contributed by atoms with Crippen molar-refractivity contribution in [3.8, 4) is 0 Å². The summed E-state index contributed by atoms with van der Waals surface area (Å²) in [5.41, 5.74) is 1.81. The molecule has 5 aliphatic rings. The summed E-state index contributed by atoms with van der Waals surface area (Å²) in [7, 11) is 0. The fraction of sp³-hybridized carbons (Fsp3) is 0.812. The Morgan fingerprint density at radius 1 is 1.25 bits per heavy atom. The maximum absolute atomic E-state index is 12.8. The van der Waals surface area contributed by atoms with Crippen LogP contribution in [-0.2, 0) is 4.79 Å². The minimum Gasteiger partial charge on any atom is -0.341 e. The molecule has 0 aromatic carbocycles. The molecule has 2 bridgehead atoms. The summed E-state index contributed by atoms with van der Waals surface area (Å²) in [4.78, 5) is 14.9. The Labute approximate surface area is 121 Å². The Morgan fingerprint density at radius 3 is 2.55 bits per heavy atom. The van der Waals surface area contributed by atoms with Gasteiger partial charge in [0, 0.05) is 38.1 Å². The van der Waals surface area contributed by atoms with Gasteiger partial charge in [0.15, 0.2) is 0 Å². The quantitative estimate of drug-likeness (QED) is 0.699. The lowest BCUT2D eigenvalue weighted by atomic mass is 9.71. The van der Waals surface area contributed by atoms with Crippen LogP contribution < -0.4 is 10.6 Å². The predicted octanol–water partition coefficient (Wildman–Crippen LogP) is 0.895. The van der Waals surface area contributed by atoms with Crippen molar-refractivity contribution in [3.05, 3.63) is 12.2 Å². The van der Waals surface area contributed by atoms with Gasteiger partial charge in [0.05, 0.1) is 6.04 Å². The van der Waals surface area contributed by atoms with Crippen LogP contribution in [0.25, 0.3) is 0 Å². The van der Waals surface area contributed by atoms with Gasteiger partial charge >= 0.3 is 0 Å². The summed E-state index contributed by atoms with van der Waals surface area (Å²) in [6, 6.07) is 0.511. The molecule has 1 spiro atoms. The van der Waals surface area contributed by atoms with Crippen LogP contribution in [0.2, 0.25) is 0 Å². The number of nitrogens with one attached hydrogen (secondary N) is 2. The van der Waals surface area contributed by atoms with E-state index in [2.05, 4.69) is 22.1 Å². The lowest BCUT2D eigenvalue weighted by molar-refractivity contribution is -0.139. The monoisotopic (exact) mass is 275 g/mol. The van der Waals surface area contributed by atoms with Crippen LogP contribution in [-0.4, -0.2) is 49.1 Å². The molecule has 110 valence electrons. The molecular formula is C16H25N3O. The number of hydrogen-bond acceptors (Lipinski definition) is 3. The Kier molecular flexibility index (Phi) is 2.93. The van der Waals surface area contributed by atoms with Crippen LogP contribution in [0.3, 0.4) is 0 Å². The third-order valence-corrected chi connectivity index (χ3v) is 6.08. The van der Waals surface area contributed by atoms with E-state index in [-0.39, 0.29) is 6.04 Å². The number of hydrogen-bond donors (Lipinski definition) is 2. The molecule has 5 fully saturated rings. The first-order valence-corrected chi connectivity index (χ1v) is 8.10. The van der Waals surface area contributed by atoms with E-state index in [0.717, 1.165) is 39.0 Å². The SMILES string of the molecule is C=C1C[C@H]2CC[C@@H]1[C@@H](C(=O)N1CCC3(CC1)CNC3)N2. The molecule has 0 radical (unpaired) electrons. The zero-order valence-electron chi connectivity index (χ0n) is 12.2. The molecule has 1 amide bonds. The Morgan fingerprint density at radius 2 is 2.00 bits per heavy atom. The number of nitrogens with zero attached hydrogens (tertiary/aromatic N) is 1. The Bertz CT molecular complexity index is 433. The zero-order chi connectivity index (χ0) is 13.7. The molecule has 4 nitrogen and oxygen atoms in total. The highest BCUT2D eigenvalue weighted by molar-refractivity contribution is 5.83. The average Bonchev–Trinajstić information content (AvgIpc) is 2.45. The molecule has 1 aliphatic carbocycles. The van der Waals surface area contributed by atoms with Gasteiger partial charge < -0.3 is 15.5 Å². The number of carbonyl (C=O) groups excluding carboxylic acids is 1. The van der Waals surface area contributed by atoms with E-state index in [0.29, 0.717) is 23.3 Å². The second-order valence-electron chi connectivity index (χ2n) is 7.32. The molecule has 5 rings (SSSR count). The molecule has 4 aliphatic heterocycles. The highest BCUT2D eigenvalue weighted by Crippen LogP contribution is 2.39. The first-order valence-electron chi connectivity index (χ1n) is 8.10. The fourth-order valence-corrected chi connectivity index (χ4v) is 4.54. The molecule has 1 saturated carbocycles. The molecule has 20 heavy (non-hydrogen) atoms. The smallest absolute Gasteiger partial charge is 0.240 e. The van der Waals surface area contributed by atoms with Crippen molar-refractivity contribution in [1.82, 2.24) is 15.5 Å². The maximum Gasteiger partial charge on any atom is 0.240 e. The van der Waals surface area contributed by atoms with E-state index < -0.39 is 0 Å². The van der Waals surface area contributed by atoms with Crippen LogP contribution in [0, 0.1) is 11.3 Å². The number of rotatable bonds is 1. The largest absolute Gasteiger partial charge is 0.341 e.